The Labute approximate surface area is 82.7 Å². The van der Waals surface area contributed by atoms with E-state index in [9.17, 15) is 9.90 Å². The van der Waals surface area contributed by atoms with Gasteiger partial charge >= 0.3 is 0 Å². The van der Waals surface area contributed by atoms with Crippen LogP contribution in [0.5, 0.6) is 0 Å². The topological polar surface area (TPSA) is 99.3 Å². The zero-order valence-electron chi connectivity index (χ0n) is 6.57. The highest BCUT2D eigenvalue weighted by Gasteiger charge is 2.24. The molecular weight excluding hydrogens is 240 g/mol. The molecule has 5 nitrogen and oxygen atoms in total. The molecule has 1 amide bonds. The molecule has 1 aromatic rings. The molecule has 0 bridgehead atoms. The molecule has 72 valence electrons. The summed E-state index contributed by atoms with van der Waals surface area (Å²) in [5, 5.41) is 18.5. The zero-order chi connectivity index (χ0) is 10.0. The first-order valence-electron chi connectivity index (χ1n) is 3.51. The van der Waals surface area contributed by atoms with Crippen molar-refractivity contribution in [2.45, 2.75) is 12.2 Å². The molecule has 0 saturated carbocycles. The van der Waals surface area contributed by atoms with Gasteiger partial charge in [0.2, 0.25) is 5.91 Å². The molecule has 5 N–H and O–H groups in total. The smallest absolute Gasteiger partial charge is 0.249 e. The van der Waals surface area contributed by atoms with Crippen molar-refractivity contribution in [2.24, 2.45) is 5.73 Å². The molecule has 2 unspecified atom stereocenters. The second-order valence-corrected chi connectivity index (χ2v) is 3.48. The Hall–Kier alpha value is -0.850. The van der Waals surface area contributed by atoms with Crippen LogP contribution in [-0.2, 0) is 4.79 Å². The number of hydrogen-bond donors (Lipinski definition) is 4. The number of H-pyrrole nitrogens is 1. The molecule has 0 aliphatic carbocycles. The van der Waals surface area contributed by atoms with E-state index in [0.29, 0.717) is 5.69 Å². The molecule has 1 heterocycles. The molecule has 1 aromatic heterocycles. The maximum atomic E-state index is 10.5. The molecule has 0 fully saturated rings. The first-order valence-corrected chi connectivity index (χ1v) is 4.31. The van der Waals surface area contributed by atoms with Crippen molar-refractivity contribution in [3.63, 3.8) is 0 Å². The summed E-state index contributed by atoms with van der Waals surface area (Å²) >= 11 is 3.15. The second kappa shape index (κ2) is 3.91. The quantitative estimate of drug-likeness (QED) is 0.589. The minimum absolute atomic E-state index is 0.332. The normalized spacial score (nSPS) is 15.3. The third-order valence-corrected chi connectivity index (χ3v) is 2.04. The lowest BCUT2D eigenvalue weighted by Gasteiger charge is -2.12. The van der Waals surface area contributed by atoms with Gasteiger partial charge in [0.25, 0.3) is 0 Å². The van der Waals surface area contributed by atoms with Crippen molar-refractivity contribution >= 4 is 21.8 Å². The largest absolute Gasteiger partial charge is 0.384 e. The van der Waals surface area contributed by atoms with Crippen LogP contribution in [0.3, 0.4) is 0 Å². The SMILES string of the molecule is NC(=O)C(O)C(O)c1cc(Br)c[nH]1. The number of aliphatic hydroxyl groups is 2. The van der Waals surface area contributed by atoms with E-state index in [1.165, 1.54) is 0 Å². The molecule has 0 saturated heterocycles. The van der Waals surface area contributed by atoms with E-state index in [1.54, 1.807) is 12.3 Å². The lowest BCUT2D eigenvalue weighted by Crippen LogP contribution is -2.33. The minimum Gasteiger partial charge on any atom is -0.384 e. The van der Waals surface area contributed by atoms with Crippen molar-refractivity contribution in [3.05, 3.63) is 22.4 Å². The van der Waals surface area contributed by atoms with E-state index in [4.69, 9.17) is 10.8 Å². The second-order valence-electron chi connectivity index (χ2n) is 2.57. The first kappa shape index (κ1) is 10.2. The van der Waals surface area contributed by atoms with Gasteiger partial charge in [-0.15, -0.1) is 0 Å². The average Bonchev–Trinajstić information content (AvgIpc) is 2.49. The Bertz CT molecular complexity index is 312. The van der Waals surface area contributed by atoms with Gasteiger partial charge in [0, 0.05) is 16.4 Å². The number of aromatic nitrogens is 1. The fraction of sp³-hybridized carbons (Fsp3) is 0.286. The maximum absolute atomic E-state index is 10.5. The third kappa shape index (κ3) is 2.30. The van der Waals surface area contributed by atoms with Crippen LogP contribution in [-0.4, -0.2) is 27.2 Å². The standard InChI is InChI=1S/C7H9BrN2O3/c8-3-1-4(10-2-3)5(11)6(12)7(9)13/h1-2,5-6,10-12H,(H2,9,13). The van der Waals surface area contributed by atoms with E-state index in [1.807, 2.05) is 0 Å². The van der Waals surface area contributed by atoms with E-state index in [-0.39, 0.29) is 0 Å². The lowest BCUT2D eigenvalue weighted by molar-refractivity contribution is -0.132. The zero-order valence-corrected chi connectivity index (χ0v) is 8.15. The molecule has 6 heteroatoms. The molecule has 0 spiro atoms. The van der Waals surface area contributed by atoms with Crippen molar-refractivity contribution in [1.82, 2.24) is 4.98 Å². The number of carbonyl (C=O) groups is 1. The predicted molar refractivity (Wildman–Crippen MR) is 48.7 cm³/mol. The van der Waals surface area contributed by atoms with Crippen LogP contribution in [0.4, 0.5) is 0 Å². The van der Waals surface area contributed by atoms with E-state index < -0.39 is 18.1 Å². The highest BCUT2D eigenvalue weighted by atomic mass is 79.9. The Morgan fingerprint density at radius 2 is 2.23 bits per heavy atom. The van der Waals surface area contributed by atoms with Gasteiger partial charge in [0.05, 0.1) is 0 Å². The number of nitrogens with one attached hydrogen (secondary N) is 1. The van der Waals surface area contributed by atoms with Gasteiger partial charge in [0.1, 0.15) is 6.10 Å². The van der Waals surface area contributed by atoms with Crippen molar-refractivity contribution in [1.29, 1.82) is 0 Å². The van der Waals surface area contributed by atoms with Crippen LogP contribution in [0, 0.1) is 0 Å². The van der Waals surface area contributed by atoms with Crippen LogP contribution in [0.2, 0.25) is 0 Å². The number of aromatic amines is 1. The minimum atomic E-state index is -1.59. The fourth-order valence-corrected chi connectivity index (χ4v) is 1.24. The number of carbonyl (C=O) groups excluding carboxylic acids is 1. The highest BCUT2D eigenvalue weighted by Crippen LogP contribution is 2.19. The summed E-state index contributed by atoms with van der Waals surface area (Å²) in [4.78, 5) is 13.2. The van der Waals surface area contributed by atoms with E-state index in [0.717, 1.165) is 4.47 Å². The molecule has 0 aliphatic heterocycles. The highest BCUT2D eigenvalue weighted by molar-refractivity contribution is 9.10. The summed E-state index contributed by atoms with van der Waals surface area (Å²) in [6.07, 6.45) is -1.33. The van der Waals surface area contributed by atoms with Gasteiger partial charge in [-0.25, -0.2) is 0 Å². The number of nitrogens with two attached hydrogens (primary N) is 1. The van der Waals surface area contributed by atoms with Crippen molar-refractivity contribution < 1.29 is 15.0 Å². The molecule has 1 rings (SSSR count). The van der Waals surface area contributed by atoms with Crippen LogP contribution in [0.25, 0.3) is 0 Å². The summed E-state index contributed by atoms with van der Waals surface area (Å²) < 4.78 is 0.721. The summed E-state index contributed by atoms with van der Waals surface area (Å²) in [5.74, 6) is -0.960. The lowest BCUT2D eigenvalue weighted by atomic mass is 10.1. The fourth-order valence-electron chi connectivity index (χ4n) is 0.881. The van der Waals surface area contributed by atoms with E-state index in [2.05, 4.69) is 20.9 Å². The van der Waals surface area contributed by atoms with Crippen LogP contribution < -0.4 is 5.73 Å². The van der Waals surface area contributed by atoms with Crippen molar-refractivity contribution in [2.75, 3.05) is 0 Å². The first-order chi connectivity index (χ1) is 6.02. The molecule has 0 aromatic carbocycles. The molecule has 0 aliphatic rings. The van der Waals surface area contributed by atoms with Gasteiger partial charge in [-0.3, -0.25) is 4.79 Å². The van der Waals surface area contributed by atoms with E-state index >= 15 is 0 Å². The number of halogens is 1. The average molecular weight is 249 g/mol. The number of rotatable bonds is 3. The van der Waals surface area contributed by atoms with Gasteiger partial charge in [-0.1, -0.05) is 0 Å². The Morgan fingerprint density at radius 3 is 2.62 bits per heavy atom. The van der Waals surface area contributed by atoms with Crippen LogP contribution in [0.1, 0.15) is 11.8 Å². The van der Waals surface area contributed by atoms with Gasteiger partial charge in [0.15, 0.2) is 6.10 Å². The molecular formula is C7H9BrN2O3. The van der Waals surface area contributed by atoms with Gasteiger partial charge in [-0.05, 0) is 22.0 Å². The molecule has 0 radical (unpaired) electrons. The van der Waals surface area contributed by atoms with Crippen LogP contribution >= 0.6 is 15.9 Å². The summed E-state index contributed by atoms with van der Waals surface area (Å²) in [6.45, 7) is 0. The summed E-state index contributed by atoms with van der Waals surface area (Å²) in [7, 11) is 0. The van der Waals surface area contributed by atoms with Gasteiger partial charge < -0.3 is 20.9 Å². The van der Waals surface area contributed by atoms with Gasteiger partial charge in [-0.2, -0.15) is 0 Å². The number of amides is 1. The van der Waals surface area contributed by atoms with Crippen molar-refractivity contribution in [3.8, 4) is 0 Å². The number of aliphatic hydroxyl groups excluding tert-OH is 2. The summed E-state index contributed by atoms with van der Waals surface area (Å²) in [6, 6.07) is 1.55. The number of primary amides is 1. The molecule has 13 heavy (non-hydrogen) atoms. The third-order valence-electron chi connectivity index (χ3n) is 1.58. The summed E-state index contributed by atoms with van der Waals surface area (Å²) in [5.41, 5.74) is 5.14. The monoisotopic (exact) mass is 248 g/mol. The number of hydrogen-bond acceptors (Lipinski definition) is 3. The Balaban J connectivity index is 2.78. The maximum Gasteiger partial charge on any atom is 0.249 e. The van der Waals surface area contributed by atoms with Crippen LogP contribution in [0.15, 0.2) is 16.7 Å². The Morgan fingerprint density at radius 1 is 1.62 bits per heavy atom. The Kier molecular flexibility index (Phi) is 3.07. The molecule has 2 atom stereocenters. The predicted octanol–water partition coefficient (Wildman–Crippen LogP) is -0.343.